The van der Waals surface area contributed by atoms with Gasteiger partial charge in [-0.25, -0.2) is 12.8 Å². The summed E-state index contributed by atoms with van der Waals surface area (Å²) in [7, 11) is -2.13. The molecule has 0 aromatic heterocycles. The molecule has 32 heavy (non-hydrogen) atoms. The van der Waals surface area contributed by atoms with Crippen LogP contribution in [0.2, 0.25) is 0 Å². The summed E-state index contributed by atoms with van der Waals surface area (Å²) in [6.45, 7) is 3.08. The van der Waals surface area contributed by atoms with Crippen molar-refractivity contribution in [3.63, 3.8) is 0 Å². The first-order valence-electron chi connectivity index (χ1n) is 10.8. The van der Waals surface area contributed by atoms with Gasteiger partial charge < -0.3 is 14.5 Å². The number of piperazine rings is 1. The second-order valence-corrected chi connectivity index (χ2v) is 10.1. The number of ether oxygens (including phenoxy) is 1. The van der Waals surface area contributed by atoms with Crippen molar-refractivity contribution in [2.45, 2.75) is 17.7 Å². The number of sulfonamides is 1. The molecule has 4 rings (SSSR count). The third-order valence-corrected chi connectivity index (χ3v) is 8.09. The van der Waals surface area contributed by atoms with Gasteiger partial charge in [0.15, 0.2) is 0 Å². The summed E-state index contributed by atoms with van der Waals surface area (Å²) in [5, 5.41) is 0. The monoisotopic (exact) mass is 461 g/mol. The molecule has 2 fully saturated rings. The van der Waals surface area contributed by atoms with Crippen LogP contribution in [0.15, 0.2) is 53.4 Å². The van der Waals surface area contributed by atoms with Crippen molar-refractivity contribution in [2.75, 3.05) is 51.3 Å². The van der Waals surface area contributed by atoms with Crippen molar-refractivity contribution in [2.24, 2.45) is 5.92 Å². The minimum atomic E-state index is -3.66. The van der Waals surface area contributed by atoms with Gasteiger partial charge in [-0.05, 0) is 61.4 Å². The predicted molar refractivity (Wildman–Crippen MR) is 120 cm³/mol. The average molecular weight is 462 g/mol. The number of methoxy groups -OCH3 is 1. The Bertz CT molecular complexity index is 1040. The van der Waals surface area contributed by atoms with Gasteiger partial charge in [0.1, 0.15) is 11.6 Å². The zero-order chi connectivity index (χ0) is 22.7. The Hall–Kier alpha value is -2.65. The standard InChI is InChI=1S/C23H28FN3O4S/c1-31-21-8-10-22(11-9-21)32(29,30)27-12-2-3-18(17-27)23(28)26-15-13-25(14-16-26)20-6-4-19(24)5-7-20/h4-11,18H,2-3,12-17H2,1H3. The summed E-state index contributed by atoms with van der Waals surface area (Å²) in [6, 6.07) is 12.7. The van der Waals surface area contributed by atoms with Crippen molar-refractivity contribution in [1.29, 1.82) is 0 Å². The summed E-state index contributed by atoms with van der Waals surface area (Å²) in [5.74, 6) is -0.00281. The molecule has 0 bridgehead atoms. The summed E-state index contributed by atoms with van der Waals surface area (Å²) in [6.07, 6.45) is 1.34. The third kappa shape index (κ3) is 4.73. The maximum atomic E-state index is 13.2. The highest BCUT2D eigenvalue weighted by Crippen LogP contribution is 2.27. The van der Waals surface area contributed by atoms with Gasteiger partial charge in [0.25, 0.3) is 0 Å². The second-order valence-electron chi connectivity index (χ2n) is 8.17. The Labute approximate surface area is 188 Å². The Morgan fingerprint density at radius 3 is 2.25 bits per heavy atom. The second kappa shape index (κ2) is 9.46. The van der Waals surface area contributed by atoms with Crippen LogP contribution in [0.25, 0.3) is 0 Å². The maximum absolute atomic E-state index is 13.2. The van der Waals surface area contributed by atoms with E-state index in [4.69, 9.17) is 4.74 Å². The molecule has 0 radical (unpaired) electrons. The lowest BCUT2D eigenvalue weighted by Gasteiger charge is -2.39. The van der Waals surface area contributed by atoms with Gasteiger partial charge >= 0.3 is 0 Å². The molecule has 0 spiro atoms. The van der Waals surface area contributed by atoms with Gasteiger partial charge in [-0.3, -0.25) is 4.79 Å². The normalized spacial score (nSPS) is 20.2. The number of piperidine rings is 1. The SMILES string of the molecule is COc1ccc(S(=O)(=O)N2CCCC(C(=O)N3CCN(c4ccc(F)cc4)CC3)C2)cc1. The summed E-state index contributed by atoms with van der Waals surface area (Å²) in [4.78, 5) is 17.3. The molecule has 7 nitrogen and oxygen atoms in total. The fourth-order valence-corrected chi connectivity index (χ4v) is 5.88. The Kier molecular flexibility index (Phi) is 6.66. The zero-order valence-corrected chi connectivity index (χ0v) is 18.9. The van der Waals surface area contributed by atoms with Crippen LogP contribution in [-0.4, -0.2) is 69.9 Å². The number of hydrogen-bond acceptors (Lipinski definition) is 5. The van der Waals surface area contributed by atoms with Crippen molar-refractivity contribution in [3.05, 3.63) is 54.3 Å². The smallest absolute Gasteiger partial charge is 0.243 e. The van der Waals surface area contributed by atoms with Gasteiger partial charge in [0.05, 0.1) is 17.9 Å². The van der Waals surface area contributed by atoms with Crippen LogP contribution in [0.5, 0.6) is 5.75 Å². The van der Waals surface area contributed by atoms with Crippen molar-refractivity contribution in [3.8, 4) is 5.75 Å². The molecule has 172 valence electrons. The average Bonchev–Trinajstić information content (AvgIpc) is 2.84. The molecule has 2 aromatic rings. The van der Waals surface area contributed by atoms with E-state index in [1.54, 1.807) is 24.3 Å². The number of nitrogens with zero attached hydrogens (tertiary/aromatic N) is 3. The molecule has 2 aliphatic rings. The first kappa shape index (κ1) is 22.5. The van der Waals surface area contributed by atoms with Crippen LogP contribution >= 0.6 is 0 Å². The van der Waals surface area contributed by atoms with Crippen LogP contribution in [-0.2, 0) is 14.8 Å². The van der Waals surface area contributed by atoms with E-state index in [2.05, 4.69) is 4.90 Å². The predicted octanol–water partition coefficient (Wildman–Crippen LogP) is 2.58. The summed E-state index contributed by atoms with van der Waals surface area (Å²) >= 11 is 0. The van der Waals surface area contributed by atoms with Crippen LogP contribution in [0.1, 0.15) is 12.8 Å². The molecule has 9 heteroatoms. The van der Waals surface area contributed by atoms with E-state index >= 15 is 0 Å². The van der Waals surface area contributed by atoms with Crippen molar-refractivity contribution in [1.82, 2.24) is 9.21 Å². The molecule has 1 atom stereocenters. The molecule has 1 amide bonds. The lowest BCUT2D eigenvalue weighted by Crippen LogP contribution is -2.53. The van der Waals surface area contributed by atoms with E-state index in [9.17, 15) is 17.6 Å². The number of amides is 1. The maximum Gasteiger partial charge on any atom is 0.243 e. The first-order chi connectivity index (χ1) is 15.4. The van der Waals surface area contributed by atoms with E-state index in [0.717, 1.165) is 5.69 Å². The number of carbonyl (C=O) groups excluding carboxylic acids is 1. The van der Waals surface area contributed by atoms with Gasteiger partial charge in [-0.2, -0.15) is 4.31 Å². The van der Waals surface area contributed by atoms with Gasteiger partial charge in [-0.1, -0.05) is 0 Å². The third-order valence-electron chi connectivity index (χ3n) is 6.21. The minimum absolute atomic E-state index is 0.0124. The molecule has 2 saturated heterocycles. The van der Waals surface area contributed by atoms with Crippen LogP contribution < -0.4 is 9.64 Å². The van der Waals surface area contributed by atoms with Crippen LogP contribution in [0.4, 0.5) is 10.1 Å². The fraction of sp³-hybridized carbons (Fsp3) is 0.435. The van der Waals surface area contributed by atoms with E-state index < -0.39 is 10.0 Å². The highest BCUT2D eigenvalue weighted by atomic mass is 32.2. The number of anilines is 1. The highest BCUT2D eigenvalue weighted by Gasteiger charge is 2.35. The molecule has 2 aromatic carbocycles. The van der Waals surface area contributed by atoms with Crippen molar-refractivity contribution >= 4 is 21.6 Å². The molecular formula is C23H28FN3O4S. The Morgan fingerprint density at radius 1 is 0.969 bits per heavy atom. The largest absolute Gasteiger partial charge is 0.497 e. The van der Waals surface area contributed by atoms with E-state index in [1.807, 2.05) is 4.90 Å². The van der Waals surface area contributed by atoms with E-state index in [1.165, 1.54) is 35.7 Å². The fourth-order valence-electron chi connectivity index (χ4n) is 4.35. The number of benzene rings is 2. The number of carbonyl (C=O) groups is 1. The zero-order valence-electron chi connectivity index (χ0n) is 18.1. The minimum Gasteiger partial charge on any atom is -0.497 e. The lowest BCUT2D eigenvalue weighted by atomic mass is 9.97. The Morgan fingerprint density at radius 2 is 1.62 bits per heavy atom. The molecule has 0 N–H and O–H groups in total. The van der Waals surface area contributed by atoms with Crippen LogP contribution in [0.3, 0.4) is 0 Å². The quantitative estimate of drug-likeness (QED) is 0.685. The van der Waals surface area contributed by atoms with E-state index in [0.29, 0.717) is 51.3 Å². The van der Waals surface area contributed by atoms with Gasteiger partial charge in [0.2, 0.25) is 15.9 Å². The summed E-state index contributed by atoms with van der Waals surface area (Å²) in [5.41, 5.74) is 0.938. The molecule has 0 aliphatic carbocycles. The highest BCUT2D eigenvalue weighted by molar-refractivity contribution is 7.89. The van der Waals surface area contributed by atoms with Crippen molar-refractivity contribution < 1.29 is 22.3 Å². The Balaban J connectivity index is 1.37. The molecule has 2 heterocycles. The first-order valence-corrected chi connectivity index (χ1v) is 12.3. The number of halogens is 1. The molecule has 2 aliphatic heterocycles. The van der Waals surface area contributed by atoms with Gasteiger partial charge in [0, 0.05) is 45.0 Å². The number of rotatable bonds is 5. The molecular weight excluding hydrogens is 433 g/mol. The summed E-state index contributed by atoms with van der Waals surface area (Å²) < 4.78 is 45.9. The lowest BCUT2D eigenvalue weighted by molar-refractivity contribution is -0.137. The molecule has 0 saturated carbocycles. The number of hydrogen-bond donors (Lipinski definition) is 0. The topological polar surface area (TPSA) is 70.2 Å². The van der Waals surface area contributed by atoms with Gasteiger partial charge in [-0.15, -0.1) is 0 Å². The van der Waals surface area contributed by atoms with E-state index in [-0.39, 0.29) is 29.1 Å². The molecule has 1 unspecified atom stereocenters. The van der Waals surface area contributed by atoms with Crippen LogP contribution in [0, 0.1) is 11.7 Å².